The number of hydrogen-bond acceptors (Lipinski definition) is 4. The van der Waals surface area contributed by atoms with E-state index in [0.717, 1.165) is 6.42 Å². The number of amides is 1. The van der Waals surface area contributed by atoms with Crippen LogP contribution in [0.1, 0.15) is 19.8 Å². The molecule has 21 heavy (non-hydrogen) atoms. The van der Waals surface area contributed by atoms with Crippen LogP contribution in [-0.4, -0.2) is 41.8 Å². The molecule has 3 unspecified atom stereocenters. The van der Waals surface area contributed by atoms with Gasteiger partial charge in [0.25, 0.3) is 5.91 Å². The van der Waals surface area contributed by atoms with Crippen molar-refractivity contribution < 1.29 is 24.2 Å². The highest BCUT2D eigenvalue weighted by molar-refractivity contribution is 5.99. The average Bonchev–Trinajstić information content (AvgIpc) is 2.92. The van der Waals surface area contributed by atoms with Gasteiger partial charge in [-0.2, -0.15) is 0 Å². The first-order valence-corrected chi connectivity index (χ1v) is 7.01. The number of anilines is 1. The maximum absolute atomic E-state index is 12.6. The van der Waals surface area contributed by atoms with E-state index in [4.69, 9.17) is 9.47 Å². The standard InChI is InChI=1S/C15H17NO5/c1-9-6-7-12(20-9)14(17)16-8-13(15(18)19)21-11-5-3-2-4-10(11)16/h2-5,9,12-13H,6-8H2,1H3,(H,18,19). The van der Waals surface area contributed by atoms with Gasteiger partial charge in [0.05, 0.1) is 18.3 Å². The molecule has 0 aliphatic carbocycles. The number of ether oxygens (including phenoxy) is 2. The smallest absolute Gasteiger partial charge is 0.346 e. The first kappa shape index (κ1) is 13.9. The van der Waals surface area contributed by atoms with Crippen molar-refractivity contribution in [2.24, 2.45) is 0 Å². The minimum absolute atomic E-state index is 0.000574. The second-order valence-corrected chi connectivity index (χ2v) is 5.37. The van der Waals surface area contributed by atoms with Crippen LogP contribution in [0.25, 0.3) is 0 Å². The lowest BCUT2D eigenvalue weighted by Crippen LogP contribution is -2.50. The lowest BCUT2D eigenvalue weighted by atomic mass is 10.1. The molecule has 1 N–H and O–H groups in total. The Morgan fingerprint density at radius 3 is 2.67 bits per heavy atom. The molecule has 2 aliphatic rings. The quantitative estimate of drug-likeness (QED) is 0.892. The summed E-state index contributed by atoms with van der Waals surface area (Å²) in [6.45, 7) is 1.93. The number of carbonyl (C=O) groups excluding carboxylic acids is 1. The van der Waals surface area contributed by atoms with E-state index in [0.29, 0.717) is 17.9 Å². The molecule has 2 aliphatic heterocycles. The highest BCUT2D eigenvalue weighted by Gasteiger charge is 2.38. The minimum atomic E-state index is -1.08. The van der Waals surface area contributed by atoms with Crippen molar-refractivity contribution in [3.05, 3.63) is 24.3 Å². The van der Waals surface area contributed by atoms with Crippen LogP contribution >= 0.6 is 0 Å². The Morgan fingerprint density at radius 1 is 1.24 bits per heavy atom. The maximum atomic E-state index is 12.6. The third kappa shape index (κ3) is 2.58. The largest absolute Gasteiger partial charge is 0.478 e. The van der Waals surface area contributed by atoms with Crippen LogP contribution in [0.3, 0.4) is 0 Å². The second kappa shape index (κ2) is 5.37. The molecule has 0 spiro atoms. The molecular weight excluding hydrogens is 274 g/mol. The van der Waals surface area contributed by atoms with Gasteiger partial charge in [0, 0.05) is 0 Å². The molecule has 2 heterocycles. The van der Waals surface area contributed by atoms with Crippen molar-refractivity contribution in [2.75, 3.05) is 11.4 Å². The average molecular weight is 291 g/mol. The van der Waals surface area contributed by atoms with E-state index in [-0.39, 0.29) is 18.6 Å². The van der Waals surface area contributed by atoms with E-state index in [2.05, 4.69) is 0 Å². The molecule has 1 fully saturated rings. The van der Waals surface area contributed by atoms with Crippen LogP contribution in [0, 0.1) is 0 Å². The Morgan fingerprint density at radius 2 is 2.00 bits per heavy atom. The highest BCUT2D eigenvalue weighted by atomic mass is 16.5. The zero-order chi connectivity index (χ0) is 15.0. The molecule has 6 nitrogen and oxygen atoms in total. The summed E-state index contributed by atoms with van der Waals surface area (Å²) in [6.07, 6.45) is 0.0101. The van der Waals surface area contributed by atoms with E-state index in [1.54, 1.807) is 24.3 Å². The molecule has 1 amide bonds. The fourth-order valence-corrected chi connectivity index (χ4v) is 2.73. The Balaban J connectivity index is 1.89. The number of hydrogen-bond donors (Lipinski definition) is 1. The summed E-state index contributed by atoms with van der Waals surface area (Å²) in [5, 5.41) is 9.18. The summed E-state index contributed by atoms with van der Waals surface area (Å²) in [6, 6.07) is 6.97. The first-order chi connectivity index (χ1) is 10.1. The normalized spacial score (nSPS) is 27.9. The number of nitrogens with zero attached hydrogens (tertiary/aromatic N) is 1. The van der Waals surface area contributed by atoms with Gasteiger partial charge in [0.1, 0.15) is 11.9 Å². The van der Waals surface area contributed by atoms with Gasteiger partial charge in [-0.25, -0.2) is 4.79 Å². The molecule has 3 rings (SSSR count). The number of carboxylic acid groups (broad SMARTS) is 1. The monoisotopic (exact) mass is 291 g/mol. The predicted octanol–water partition coefficient (Wildman–Crippen LogP) is 1.43. The summed E-state index contributed by atoms with van der Waals surface area (Å²) < 4.78 is 11.0. The van der Waals surface area contributed by atoms with Crippen molar-refractivity contribution in [3.63, 3.8) is 0 Å². The lowest BCUT2D eigenvalue weighted by molar-refractivity contribution is -0.145. The molecule has 0 saturated carbocycles. The summed E-state index contributed by atoms with van der Waals surface area (Å²) in [5.41, 5.74) is 0.600. The number of para-hydroxylation sites is 2. The second-order valence-electron chi connectivity index (χ2n) is 5.37. The van der Waals surface area contributed by atoms with E-state index >= 15 is 0 Å². The third-order valence-corrected chi connectivity index (χ3v) is 3.82. The van der Waals surface area contributed by atoms with Crippen molar-refractivity contribution in [2.45, 2.75) is 38.1 Å². The van der Waals surface area contributed by atoms with Crippen molar-refractivity contribution in [1.29, 1.82) is 0 Å². The van der Waals surface area contributed by atoms with Gasteiger partial charge in [-0.3, -0.25) is 4.79 Å². The lowest BCUT2D eigenvalue weighted by Gasteiger charge is -2.34. The van der Waals surface area contributed by atoms with Gasteiger partial charge >= 0.3 is 5.97 Å². The number of aliphatic carboxylic acids is 1. The Hall–Kier alpha value is -2.08. The van der Waals surface area contributed by atoms with Crippen molar-refractivity contribution >= 4 is 17.6 Å². The van der Waals surface area contributed by atoms with Gasteiger partial charge in [-0.15, -0.1) is 0 Å². The summed E-state index contributed by atoms with van der Waals surface area (Å²) in [7, 11) is 0. The van der Waals surface area contributed by atoms with Crippen LogP contribution in [-0.2, 0) is 14.3 Å². The van der Waals surface area contributed by atoms with E-state index in [1.807, 2.05) is 6.92 Å². The molecule has 1 aromatic rings. The molecule has 3 atom stereocenters. The fraction of sp³-hybridized carbons (Fsp3) is 0.467. The zero-order valence-corrected chi connectivity index (χ0v) is 11.7. The van der Waals surface area contributed by atoms with Gasteiger partial charge in [0.15, 0.2) is 0 Å². The Labute approximate surface area is 122 Å². The van der Waals surface area contributed by atoms with Gasteiger partial charge in [-0.05, 0) is 31.9 Å². The third-order valence-electron chi connectivity index (χ3n) is 3.82. The van der Waals surface area contributed by atoms with Crippen LogP contribution in [0.5, 0.6) is 5.75 Å². The van der Waals surface area contributed by atoms with Crippen molar-refractivity contribution in [3.8, 4) is 5.75 Å². The number of carboxylic acids is 1. The Bertz CT molecular complexity index is 573. The summed E-state index contributed by atoms with van der Waals surface area (Å²) >= 11 is 0. The van der Waals surface area contributed by atoms with E-state index in [1.165, 1.54) is 4.90 Å². The van der Waals surface area contributed by atoms with E-state index in [9.17, 15) is 14.7 Å². The number of carbonyl (C=O) groups is 2. The molecule has 1 aromatic carbocycles. The molecule has 0 aromatic heterocycles. The first-order valence-electron chi connectivity index (χ1n) is 7.01. The molecule has 0 radical (unpaired) electrons. The SMILES string of the molecule is CC1CCC(C(=O)N2CC(C(=O)O)Oc3ccccc32)O1. The molecular formula is C15H17NO5. The number of rotatable bonds is 2. The predicted molar refractivity (Wildman–Crippen MR) is 74.4 cm³/mol. The number of benzene rings is 1. The van der Waals surface area contributed by atoms with Gasteiger partial charge in [-0.1, -0.05) is 12.1 Å². The molecule has 1 saturated heterocycles. The Kier molecular flexibility index (Phi) is 3.55. The van der Waals surface area contributed by atoms with Crippen LogP contribution < -0.4 is 9.64 Å². The molecule has 6 heteroatoms. The van der Waals surface area contributed by atoms with Gasteiger partial charge in [0.2, 0.25) is 6.10 Å². The highest BCUT2D eigenvalue weighted by Crippen LogP contribution is 2.35. The fourth-order valence-electron chi connectivity index (χ4n) is 2.73. The van der Waals surface area contributed by atoms with Gasteiger partial charge < -0.3 is 19.5 Å². The van der Waals surface area contributed by atoms with Crippen molar-refractivity contribution in [1.82, 2.24) is 0 Å². The van der Waals surface area contributed by atoms with Crippen LogP contribution in [0.4, 0.5) is 5.69 Å². The van der Waals surface area contributed by atoms with Crippen LogP contribution in [0.2, 0.25) is 0 Å². The molecule has 0 bridgehead atoms. The summed E-state index contributed by atoms with van der Waals surface area (Å²) in [4.78, 5) is 25.3. The topological polar surface area (TPSA) is 76.1 Å². The maximum Gasteiger partial charge on any atom is 0.346 e. The number of fused-ring (bicyclic) bond motifs is 1. The minimum Gasteiger partial charge on any atom is -0.478 e. The zero-order valence-electron chi connectivity index (χ0n) is 11.7. The summed E-state index contributed by atoms with van der Waals surface area (Å²) in [5.74, 6) is -0.861. The molecule has 112 valence electrons. The van der Waals surface area contributed by atoms with Crippen LogP contribution in [0.15, 0.2) is 24.3 Å². The van der Waals surface area contributed by atoms with E-state index < -0.39 is 18.2 Å².